The van der Waals surface area contributed by atoms with Gasteiger partial charge in [0.15, 0.2) is 0 Å². The molecule has 84 valence electrons. The smallest absolute Gasteiger partial charge is 0.202 e. The molecule has 2 aromatic rings. The fourth-order valence-electron chi connectivity index (χ4n) is 1.40. The van der Waals surface area contributed by atoms with Crippen molar-refractivity contribution in [2.45, 2.75) is 19.8 Å². The molecule has 0 bridgehead atoms. The summed E-state index contributed by atoms with van der Waals surface area (Å²) in [4.78, 5) is 8.32. The second-order valence-electron chi connectivity index (χ2n) is 3.54. The zero-order chi connectivity index (χ0) is 11.2. The number of rotatable bonds is 5. The molecular formula is C11H14N4S. The number of nitrogens with zero attached hydrogens (tertiary/aromatic N) is 3. The summed E-state index contributed by atoms with van der Waals surface area (Å²) in [6.07, 6.45) is 5.82. The van der Waals surface area contributed by atoms with Crippen LogP contribution in [0.3, 0.4) is 0 Å². The molecule has 0 radical (unpaired) electrons. The topological polar surface area (TPSA) is 50.7 Å². The molecule has 1 N–H and O–H groups in total. The zero-order valence-corrected chi connectivity index (χ0v) is 10.00. The summed E-state index contributed by atoms with van der Waals surface area (Å²) >= 11 is 1.41. The highest BCUT2D eigenvalue weighted by Gasteiger charge is 1.98. The Morgan fingerprint density at radius 3 is 3.06 bits per heavy atom. The molecule has 2 heterocycles. The molecule has 5 heteroatoms. The minimum absolute atomic E-state index is 0.833. The maximum absolute atomic E-state index is 4.24. The van der Waals surface area contributed by atoms with Crippen LogP contribution in [0.25, 0.3) is 0 Å². The highest BCUT2D eigenvalue weighted by molar-refractivity contribution is 7.09. The zero-order valence-electron chi connectivity index (χ0n) is 9.18. The van der Waals surface area contributed by atoms with Crippen molar-refractivity contribution in [1.82, 2.24) is 14.3 Å². The van der Waals surface area contributed by atoms with E-state index in [9.17, 15) is 0 Å². The van der Waals surface area contributed by atoms with E-state index >= 15 is 0 Å². The van der Waals surface area contributed by atoms with E-state index in [-0.39, 0.29) is 0 Å². The van der Waals surface area contributed by atoms with Crippen molar-refractivity contribution >= 4 is 16.7 Å². The maximum Gasteiger partial charge on any atom is 0.202 e. The summed E-state index contributed by atoms with van der Waals surface area (Å²) in [5.41, 5.74) is 1.28. The van der Waals surface area contributed by atoms with Crippen molar-refractivity contribution in [1.29, 1.82) is 0 Å². The van der Waals surface area contributed by atoms with E-state index < -0.39 is 0 Å². The first kappa shape index (κ1) is 11.0. The summed E-state index contributed by atoms with van der Waals surface area (Å²) in [6.45, 7) is 2.82. The van der Waals surface area contributed by atoms with Crippen LogP contribution in [0.2, 0.25) is 0 Å². The van der Waals surface area contributed by atoms with E-state index in [1.54, 1.807) is 6.20 Å². The SMILES string of the molecule is Cc1nsc(NCCCc2cccnc2)n1. The van der Waals surface area contributed by atoms with E-state index in [0.29, 0.717) is 0 Å². The van der Waals surface area contributed by atoms with E-state index in [1.165, 1.54) is 17.1 Å². The largest absolute Gasteiger partial charge is 0.360 e. The lowest BCUT2D eigenvalue weighted by Crippen LogP contribution is -2.02. The number of aromatic nitrogens is 3. The minimum Gasteiger partial charge on any atom is -0.360 e. The molecule has 2 aromatic heterocycles. The van der Waals surface area contributed by atoms with Crippen LogP contribution in [-0.2, 0) is 6.42 Å². The average molecular weight is 234 g/mol. The molecule has 0 fully saturated rings. The molecule has 0 atom stereocenters. The van der Waals surface area contributed by atoms with Crippen molar-refractivity contribution in [3.05, 3.63) is 35.9 Å². The molecule has 0 saturated carbocycles. The van der Waals surface area contributed by atoms with Gasteiger partial charge in [-0.3, -0.25) is 4.98 Å². The molecule has 16 heavy (non-hydrogen) atoms. The number of hydrogen-bond donors (Lipinski definition) is 1. The number of nitrogens with one attached hydrogen (secondary N) is 1. The van der Waals surface area contributed by atoms with E-state index in [1.807, 2.05) is 19.2 Å². The summed E-state index contributed by atoms with van der Waals surface area (Å²) in [5, 5.41) is 4.17. The molecule has 0 amide bonds. The highest BCUT2D eigenvalue weighted by Crippen LogP contribution is 2.10. The Morgan fingerprint density at radius 2 is 2.38 bits per heavy atom. The van der Waals surface area contributed by atoms with Gasteiger partial charge in [-0.25, -0.2) is 4.98 Å². The highest BCUT2D eigenvalue weighted by atomic mass is 32.1. The Morgan fingerprint density at radius 1 is 1.44 bits per heavy atom. The molecule has 0 unspecified atom stereocenters. The normalized spacial score (nSPS) is 10.3. The van der Waals surface area contributed by atoms with Crippen LogP contribution in [0.15, 0.2) is 24.5 Å². The third-order valence-corrected chi connectivity index (χ3v) is 2.93. The standard InChI is InChI=1S/C11H14N4S/c1-9-14-11(16-15-9)13-7-3-5-10-4-2-6-12-8-10/h2,4,6,8H,3,5,7H2,1H3,(H,13,14,15). The van der Waals surface area contributed by atoms with Gasteiger partial charge in [0.05, 0.1) is 0 Å². The molecule has 0 spiro atoms. The minimum atomic E-state index is 0.833. The average Bonchev–Trinajstić information content (AvgIpc) is 2.72. The fourth-order valence-corrected chi connectivity index (χ4v) is 2.00. The number of hydrogen-bond acceptors (Lipinski definition) is 5. The quantitative estimate of drug-likeness (QED) is 0.806. The van der Waals surface area contributed by atoms with Crippen LogP contribution in [0.5, 0.6) is 0 Å². The molecule has 4 nitrogen and oxygen atoms in total. The monoisotopic (exact) mass is 234 g/mol. The third kappa shape index (κ3) is 3.27. The van der Waals surface area contributed by atoms with Crippen LogP contribution < -0.4 is 5.32 Å². The number of pyridine rings is 1. The van der Waals surface area contributed by atoms with Gasteiger partial charge < -0.3 is 5.32 Å². The summed E-state index contributed by atoms with van der Waals surface area (Å²) in [7, 11) is 0. The molecule has 0 aliphatic carbocycles. The van der Waals surface area contributed by atoms with Gasteiger partial charge in [0.1, 0.15) is 5.82 Å². The van der Waals surface area contributed by atoms with Crippen LogP contribution in [0, 0.1) is 6.92 Å². The van der Waals surface area contributed by atoms with Crippen LogP contribution in [0.1, 0.15) is 17.8 Å². The molecular weight excluding hydrogens is 220 g/mol. The Bertz CT molecular complexity index is 427. The van der Waals surface area contributed by atoms with Gasteiger partial charge in [-0.1, -0.05) is 6.07 Å². The van der Waals surface area contributed by atoms with Crippen LogP contribution in [-0.4, -0.2) is 20.9 Å². The van der Waals surface area contributed by atoms with Crippen molar-refractivity contribution in [2.24, 2.45) is 0 Å². The van der Waals surface area contributed by atoms with Gasteiger partial charge in [-0.15, -0.1) is 0 Å². The molecule has 0 aliphatic rings. The van der Waals surface area contributed by atoms with E-state index in [4.69, 9.17) is 0 Å². The Labute approximate surface area is 98.9 Å². The van der Waals surface area contributed by atoms with E-state index in [2.05, 4.69) is 25.7 Å². The van der Waals surface area contributed by atoms with Crippen LogP contribution in [0.4, 0.5) is 5.13 Å². The summed E-state index contributed by atoms with van der Waals surface area (Å²) in [5.74, 6) is 0.833. The molecule has 0 aromatic carbocycles. The first-order chi connectivity index (χ1) is 7.84. The van der Waals surface area contributed by atoms with Crippen molar-refractivity contribution in [2.75, 3.05) is 11.9 Å². The van der Waals surface area contributed by atoms with Gasteiger partial charge >= 0.3 is 0 Å². The second-order valence-corrected chi connectivity index (χ2v) is 4.29. The summed E-state index contributed by atoms with van der Waals surface area (Å²) < 4.78 is 4.11. The Balaban J connectivity index is 1.69. The van der Waals surface area contributed by atoms with Crippen molar-refractivity contribution < 1.29 is 0 Å². The van der Waals surface area contributed by atoms with Gasteiger partial charge in [0.2, 0.25) is 5.13 Å². The van der Waals surface area contributed by atoms with E-state index in [0.717, 1.165) is 30.3 Å². The molecule has 0 saturated heterocycles. The predicted octanol–water partition coefficient (Wildman–Crippen LogP) is 2.29. The van der Waals surface area contributed by atoms with Gasteiger partial charge in [-0.05, 0) is 31.4 Å². The Kier molecular flexibility index (Phi) is 3.82. The van der Waals surface area contributed by atoms with Gasteiger partial charge in [0.25, 0.3) is 0 Å². The molecule has 0 aliphatic heterocycles. The first-order valence-electron chi connectivity index (χ1n) is 5.28. The lowest BCUT2D eigenvalue weighted by atomic mass is 10.2. The summed E-state index contributed by atoms with van der Waals surface area (Å²) in [6, 6.07) is 4.07. The lowest BCUT2D eigenvalue weighted by Gasteiger charge is -2.01. The van der Waals surface area contributed by atoms with Gasteiger partial charge in [0, 0.05) is 30.5 Å². The Hall–Kier alpha value is -1.49. The number of aryl methyl sites for hydroxylation is 2. The van der Waals surface area contributed by atoms with Crippen molar-refractivity contribution in [3.63, 3.8) is 0 Å². The van der Waals surface area contributed by atoms with Crippen LogP contribution >= 0.6 is 11.5 Å². The predicted molar refractivity (Wildman–Crippen MR) is 65.7 cm³/mol. The maximum atomic E-state index is 4.24. The third-order valence-electron chi connectivity index (χ3n) is 2.17. The van der Waals surface area contributed by atoms with Gasteiger partial charge in [-0.2, -0.15) is 4.37 Å². The fraction of sp³-hybridized carbons (Fsp3) is 0.364. The first-order valence-corrected chi connectivity index (χ1v) is 6.05. The lowest BCUT2D eigenvalue weighted by molar-refractivity contribution is 0.856. The van der Waals surface area contributed by atoms with Crippen molar-refractivity contribution in [3.8, 4) is 0 Å². The molecule has 2 rings (SSSR count). The number of anilines is 1. The second kappa shape index (κ2) is 5.55.